The van der Waals surface area contributed by atoms with E-state index in [2.05, 4.69) is 5.32 Å². The van der Waals surface area contributed by atoms with Crippen molar-refractivity contribution in [3.05, 3.63) is 0 Å². The van der Waals surface area contributed by atoms with Gasteiger partial charge in [-0.1, -0.05) is 6.42 Å². The lowest BCUT2D eigenvalue weighted by Crippen LogP contribution is -2.36. The van der Waals surface area contributed by atoms with E-state index in [1.54, 1.807) is 0 Å². The minimum absolute atomic E-state index is 0.0766. The largest absolute Gasteiger partial charge is 0.481 e. The van der Waals surface area contributed by atoms with Crippen molar-refractivity contribution >= 4 is 11.9 Å². The fourth-order valence-corrected chi connectivity index (χ4v) is 2.17. The van der Waals surface area contributed by atoms with E-state index >= 15 is 0 Å². The normalized spacial score (nSPS) is 23.6. The van der Waals surface area contributed by atoms with Crippen LogP contribution in [-0.2, 0) is 14.3 Å². The highest BCUT2D eigenvalue weighted by molar-refractivity contribution is 5.78. The first kappa shape index (κ1) is 15.0. The molecule has 2 unspecified atom stereocenters. The molecule has 1 aliphatic rings. The lowest BCUT2D eigenvalue weighted by atomic mass is 9.95. The van der Waals surface area contributed by atoms with Gasteiger partial charge in [0.05, 0.1) is 6.10 Å². The minimum atomic E-state index is -0.754. The number of carbonyl (C=O) groups excluding carboxylic acids is 1. The van der Waals surface area contributed by atoms with Crippen LogP contribution in [0.5, 0.6) is 0 Å². The maximum atomic E-state index is 11.8. The van der Waals surface area contributed by atoms with Crippen LogP contribution in [-0.4, -0.2) is 36.2 Å². The van der Waals surface area contributed by atoms with Crippen molar-refractivity contribution in [3.8, 4) is 0 Å². The molecule has 0 bridgehead atoms. The van der Waals surface area contributed by atoms with Crippen LogP contribution in [0.3, 0.4) is 0 Å². The second kappa shape index (κ2) is 8.08. The number of carboxylic acid groups (broad SMARTS) is 1. The van der Waals surface area contributed by atoms with E-state index in [4.69, 9.17) is 9.84 Å². The van der Waals surface area contributed by atoms with E-state index in [0.717, 1.165) is 25.7 Å². The number of amides is 1. The highest BCUT2D eigenvalue weighted by Crippen LogP contribution is 2.19. The first-order valence-corrected chi connectivity index (χ1v) is 6.70. The Kier molecular flexibility index (Phi) is 6.72. The fraction of sp³-hybridized carbons (Fsp3) is 0.846. The molecular formula is C13H23NO4. The third kappa shape index (κ3) is 6.00. The Morgan fingerprint density at radius 1 is 1.33 bits per heavy atom. The molecule has 0 aromatic rings. The van der Waals surface area contributed by atoms with Crippen molar-refractivity contribution in [3.63, 3.8) is 0 Å². The summed E-state index contributed by atoms with van der Waals surface area (Å²) in [4.78, 5) is 22.1. The van der Waals surface area contributed by atoms with Crippen LogP contribution in [0.4, 0.5) is 0 Å². The molecular weight excluding hydrogens is 234 g/mol. The summed E-state index contributed by atoms with van der Waals surface area (Å²) in [7, 11) is 0. The molecule has 5 nitrogen and oxygen atoms in total. The second-order valence-electron chi connectivity index (χ2n) is 4.90. The molecule has 1 amide bonds. The molecule has 104 valence electrons. The average molecular weight is 257 g/mol. The van der Waals surface area contributed by atoms with Crippen LogP contribution in [0.1, 0.15) is 45.4 Å². The molecule has 1 fully saturated rings. The van der Waals surface area contributed by atoms with Crippen LogP contribution in [0.2, 0.25) is 0 Å². The molecule has 1 heterocycles. The van der Waals surface area contributed by atoms with Gasteiger partial charge < -0.3 is 15.2 Å². The number of unbranched alkanes of at least 4 members (excludes halogenated alkanes) is 2. The number of hydrogen-bond acceptors (Lipinski definition) is 3. The zero-order chi connectivity index (χ0) is 13.4. The molecule has 0 spiro atoms. The van der Waals surface area contributed by atoms with E-state index in [1.807, 2.05) is 6.92 Å². The lowest BCUT2D eigenvalue weighted by molar-refractivity contribution is -0.137. The van der Waals surface area contributed by atoms with Gasteiger partial charge in [-0.05, 0) is 32.6 Å². The SMILES string of the molecule is CC1CC(C(=O)NCCCCCC(=O)O)CCO1. The van der Waals surface area contributed by atoms with Gasteiger partial charge in [-0.2, -0.15) is 0 Å². The third-order valence-corrected chi connectivity index (χ3v) is 3.22. The topological polar surface area (TPSA) is 75.6 Å². The number of carboxylic acids is 1. The molecule has 2 atom stereocenters. The minimum Gasteiger partial charge on any atom is -0.481 e. The van der Waals surface area contributed by atoms with Gasteiger partial charge in [0, 0.05) is 25.5 Å². The number of nitrogens with one attached hydrogen (secondary N) is 1. The Labute approximate surface area is 108 Å². The molecule has 1 aliphatic heterocycles. The molecule has 1 rings (SSSR count). The van der Waals surface area contributed by atoms with Crippen LogP contribution >= 0.6 is 0 Å². The first-order chi connectivity index (χ1) is 8.59. The Balaban J connectivity index is 2.04. The summed E-state index contributed by atoms with van der Waals surface area (Å²) in [5.74, 6) is -0.564. The number of carbonyl (C=O) groups is 2. The van der Waals surface area contributed by atoms with Gasteiger partial charge in [0.25, 0.3) is 0 Å². The van der Waals surface area contributed by atoms with Gasteiger partial charge in [0.1, 0.15) is 0 Å². The molecule has 0 saturated carbocycles. The van der Waals surface area contributed by atoms with Gasteiger partial charge in [0.2, 0.25) is 5.91 Å². The van der Waals surface area contributed by atoms with Crippen molar-refractivity contribution < 1.29 is 19.4 Å². The Morgan fingerprint density at radius 2 is 2.11 bits per heavy atom. The van der Waals surface area contributed by atoms with E-state index < -0.39 is 5.97 Å². The number of aliphatic carboxylic acids is 1. The van der Waals surface area contributed by atoms with Crippen molar-refractivity contribution in [2.24, 2.45) is 5.92 Å². The van der Waals surface area contributed by atoms with Gasteiger partial charge in [-0.3, -0.25) is 9.59 Å². The van der Waals surface area contributed by atoms with Crippen LogP contribution < -0.4 is 5.32 Å². The number of rotatable bonds is 7. The molecule has 0 aromatic heterocycles. The average Bonchev–Trinajstić information content (AvgIpc) is 2.33. The summed E-state index contributed by atoms with van der Waals surface area (Å²) in [6, 6.07) is 0. The Morgan fingerprint density at radius 3 is 2.78 bits per heavy atom. The van der Waals surface area contributed by atoms with E-state index in [-0.39, 0.29) is 24.3 Å². The van der Waals surface area contributed by atoms with E-state index in [0.29, 0.717) is 19.6 Å². The van der Waals surface area contributed by atoms with E-state index in [1.165, 1.54) is 0 Å². The monoisotopic (exact) mass is 257 g/mol. The van der Waals surface area contributed by atoms with Gasteiger partial charge >= 0.3 is 5.97 Å². The lowest BCUT2D eigenvalue weighted by Gasteiger charge is -2.26. The standard InChI is InChI=1S/C13H23NO4/c1-10-9-11(6-8-18-10)13(17)14-7-4-2-3-5-12(15)16/h10-11H,2-9H2,1H3,(H,14,17)(H,15,16). The zero-order valence-corrected chi connectivity index (χ0v) is 11.0. The summed E-state index contributed by atoms with van der Waals surface area (Å²) in [6.07, 6.45) is 4.35. The zero-order valence-electron chi connectivity index (χ0n) is 11.0. The van der Waals surface area contributed by atoms with Gasteiger partial charge in [0.15, 0.2) is 0 Å². The van der Waals surface area contributed by atoms with Crippen molar-refractivity contribution in [2.75, 3.05) is 13.2 Å². The van der Waals surface area contributed by atoms with Crippen molar-refractivity contribution in [1.82, 2.24) is 5.32 Å². The number of hydrogen-bond donors (Lipinski definition) is 2. The maximum absolute atomic E-state index is 11.8. The molecule has 0 aromatic carbocycles. The predicted octanol–water partition coefficient (Wildman–Crippen LogP) is 1.56. The third-order valence-electron chi connectivity index (χ3n) is 3.22. The quantitative estimate of drug-likeness (QED) is 0.679. The number of ether oxygens (including phenoxy) is 1. The van der Waals surface area contributed by atoms with Crippen molar-refractivity contribution in [2.45, 2.75) is 51.6 Å². The second-order valence-corrected chi connectivity index (χ2v) is 4.90. The summed E-state index contributed by atoms with van der Waals surface area (Å²) in [6.45, 7) is 3.30. The van der Waals surface area contributed by atoms with E-state index in [9.17, 15) is 9.59 Å². The predicted molar refractivity (Wildman–Crippen MR) is 67.3 cm³/mol. The molecule has 0 radical (unpaired) electrons. The van der Waals surface area contributed by atoms with Gasteiger partial charge in [-0.15, -0.1) is 0 Å². The smallest absolute Gasteiger partial charge is 0.303 e. The summed E-state index contributed by atoms with van der Waals surface area (Å²) in [5, 5.41) is 11.4. The van der Waals surface area contributed by atoms with Crippen molar-refractivity contribution in [1.29, 1.82) is 0 Å². The molecule has 0 aliphatic carbocycles. The van der Waals surface area contributed by atoms with Gasteiger partial charge in [-0.25, -0.2) is 0 Å². The van der Waals surface area contributed by atoms with Crippen LogP contribution in [0, 0.1) is 5.92 Å². The summed E-state index contributed by atoms with van der Waals surface area (Å²) >= 11 is 0. The van der Waals surface area contributed by atoms with Crippen LogP contribution in [0.25, 0.3) is 0 Å². The highest BCUT2D eigenvalue weighted by Gasteiger charge is 2.24. The van der Waals surface area contributed by atoms with Crippen LogP contribution in [0.15, 0.2) is 0 Å². The maximum Gasteiger partial charge on any atom is 0.303 e. The molecule has 1 saturated heterocycles. The Hall–Kier alpha value is -1.10. The molecule has 5 heteroatoms. The fourth-order valence-electron chi connectivity index (χ4n) is 2.17. The molecule has 2 N–H and O–H groups in total. The summed E-state index contributed by atoms with van der Waals surface area (Å²) in [5.41, 5.74) is 0. The summed E-state index contributed by atoms with van der Waals surface area (Å²) < 4.78 is 5.40. The molecule has 18 heavy (non-hydrogen) atoms. The highest BCUT2D eigenvalue weighted by atomic mass is 16.5. The Bertz CT molecular complexity index is 280. The first-order valence-electron chi connectivity index (χ1n) is 6.70.